The maximum atomic E-state index is 11.5. The van der Waals surface area contributed by atoms with Gasteiger partial charge in [0.2, 0.25) is 10.0 Å². The van der Waals surface area contributed by atoms with E-state index in [0.717, 1.165) is 6.26 Å². The van der Waals surface area contributed by atoms with Gasteiger partial charge in [-0.3, -0.25) is 4.79 Å². The molecule has 1 fully saturated rings. The third kappa shape index (κ3) is 2.08. The number of ketones is 1. The molecule has 0 amide bonds. The van der Waals surface area contributed by atoms with Crippen LogP contribution in [0.5, 0.6) is 0 Å². The van der Waals surface area contributed by atoms with E-state index in [1.54, 1.807) is 13.8 Å². The average molecular weight is 205 g/mol. The van der Waals surface area contributed by atoms with E-state index in [0.29, 0.717) is 13.0 Å². The van der Waals surface area contributed by atoms with Crippen LogP contribution in [-0.4, -0.2) is 37.3 Å². The number of carbonyl (C=O) groups is 1. The van der Waals surface area contributed by atoms with E-state index < -0.39 is 16.1 Å². The van der Waals surface area contributed by atoms with E-state index in [9.17, 15) is 13.2 Å². The zero-order chi connectivity index (χ0) is 10.2. The molecule has 1 heterocycles. The van der Waals surface area contributed by atoms with Gasteiger partial charge in [0.1, 0.15) is 0 Å². The zero-order valence-corrected chi connectivity index (χ0v) is 8.97. The molecule has 0 aromatic heterocycles. The molecule has 13 heavy (non-hydrogen) atoms. The highest BCUT2D eigenvalue weighted by atomic mass is 32.2. The summed E-state index contributed by atoms with van der Waals surface area (Å²) in [5.41, 5.74) is 0. The topological polar surface area (TPSA) is 54.5 Å². The summed E-state index contributed by atoms with van der Waals surface area (Å²) in [6.45, 7) is 4.07. The SMILES string of the molecule is CC(C)C(=O)C1CCN1S(C)(=O)=O. The summed E-state index contributed by atoms with van der Waals surface area (Å²) < 4.78 is 23.5. The molecule has 1 saturated heterocycles. The fourth-order valence-corrected chi connectivity index (χ4v) is 2.54. The average Bonchev–Trinajstić information content (AvgIpc) is 1.79. The molecule has 0 saturated carbocycles. The normalized spacial score (nSPS) is 24.5. The van der Waals surface area contributed by atoms with E-state index >= 15 is 0 Å². The Bertz CT molecular complexity index is 307. The minimum Gasteiger partial charge on any atom is -0.298 e. The number of rotatable bonds is 3. The van der Waals surface area contributed by atoms with E-state index in [4.69, 9.17) is 0 Å². The summed E-state index contributed by atoms with van der Waals surface area (Å²) in [7, 11) is -3.18. The van der Waals surface area contributed by atoms with Crippen LogP contribution in [0.3, 0.4) is 0 Å². The molecule has 0 aliphatic carbocycles. The van der Waals surface area contributed by atoms with Gasteiger partial charge in [0, 0.05) is 12.5 Å². The van der Waals surface area contributed by atoms with Crippen LogP contribution < -0.4 is 0 Å². The molecule has 0 aromatic rings. The van der Waals surface area contributed by atoms with Gasteiger partial charge in [-0.05, 0) is 6.42 Å². The van der Waals surface area contributed by atoms with Crippen molar-refractivity contribution in [2.24, 2.45) is 5.92 Å². The fourth-order valence-electron chi connectivity index (χ4n) is 1.43. The van der Waals surface area contributed by atoms with Gasteiger partial charge >= 0.3 is 0 Å². The van der Waals surface area contributed by atoms with E-state index in [1.807, 2.05) is 0 Å². The molecular formula is C8H15NO3S. The van der Waals surface area contributed by atoms with Crippen molar-refractivity contribution in [3.63, 3.8) is 0 Å². The fraction of sp³-hybridized carbons (Fsp3) is 0.875. The van der Waals surface area contributed by atoms with Gasteiger partial charge in [-0.2, -0.15) is 4.31 Å². The summed E-state index contributed by atoms with van der Waals surface area (Å²) in [5.74, 6) is -0.0637. The molecule has 1 rings (SSSR count). The first-order valence-electron chi connectivity index (χ1n) is 4.34. The smallest absolute Gasteiger partial charge is 0.211 e. The second kappa shape index (κ2) is 3.38. The molecule has 0 bridgehead atoms. The van der Waals surface area contributed by atoms with Crippen molar-refractivity contribution < 1.29 is 13.2 Å². The van der Waals surface area contributed by atoms with E-state index in [1.165, 1.54) is 4.31 Å². The monoisotopic (exact) mass is 205 g/mol. The van der Waals surface area contributed by atoms with Gasteiger partial charge in [-0.25, -0.2) is 8.42 Å². The number of sulfonamides is 1. The van der Waals surface area contributed by atoms with Crippen LogP contribution in [0, 0.1) is 5.92 Å². The van der Waals surface area contributed by atoms with Crippen molar-refractivity contribution >= 4 is 15.8 Å². The molecule has 1 aliphatic heterocycles. The Morgan fingerprint density at radius 1 is 1.46 bits per heavy atom. The van der Waals surface area contributed by atoms with Crippen LogP contribution in [-0.2, 0) is 14.8 Å². The highest BCUT2D eigenvalue weighted by Crippen LogP contribution is 2.23. The molecule has 1 aliphatic rings. The molecular weight excluding hydrogens is 190 g/mol. The van der Waals surface area contributed by atoms with E-state index in [-0.39, 0.29) is 11.7 Å². The lowest BCUT2D eigenvalue weighted by Crippen LogP contribution is -2.55. The highest BCUT2D eigenvalue weighted by Gasteiger charge is 2.40. The Morgan fingerprint density at radius 3 is 2.23 bits per heavy atom. The Morgan fingerprint density at radius 2 is 2.00 bits per heavy atom. The van der Waals surface area contributed by atoms with Gasteiger partial charge in [-0.15, -0.1) is 0 Å². The molecule has 1 atom stereocenters. The molecule has 0 radical (unpaired) electrons. The van der Waals surface area contributed by atoms with Crippen molar-refractivity contribution in [1.29, 1.82) is 0 Å². The van der Waals surface area contributed by atoms with E-state index in [2.05, 4.69) is 0 Å². The first kappa shape index (κ1) is 10.7. The first-order chi connectivity index (χ1) is 5.84. The van der Waals surface area contributed by atoms with Gasteiger partial charge in [0.15, 0.2) is 5.78 Å². The second-order valence-corrected chi connectivity index (χ2v) is 5.67. The van der Waals surface area contributed by atoms with Crippen molar-refractivity contribution in [3.8, 4) is 0 Å². The van der Waals surface area contributed by atoms with Gasteiger partial charge in [0.05, 0.1) is 12.3 Å². The number of nitrogens with zero attached hydrogens (tertiary/aromatic N) is 1. The number of hydrogen-bond donors (Lipinski definition) is 0. The standard InChI is InChI=1S/C8H15NO3S/c1-6(2)8(10)7-4-5-9(7)13(3,11)12/h6-7H,4-5H2,1-3H3. The third-order valence-electron chi connectivity index (χ3n) is 2.29. The Balaban J connectivity index is 2.71. The summed E-state index contributed by atoms with van der Waals surface area (Å²) in [6, 6.07) is -0.394. The van der Waals surface area contributed by atoms with Gasteiger partial charge < -0.3 is 0 Å². The number of hydrogen-bond acceptors (Lipinski definition) is 3. The van der Waals surface area contributed by atoms with Crippen LogP contribution >= 0.6 is 0 Å². The maximum absolute atomic E-state index is 11.5. The van der Waals surface area contributed by atoms with Crippen molar-refractivity contribution in [2.45, 2.75) is 26.3 Å². The molecule has 0 N–H and O–H groups in total. The summed E-state index contributed by atoms with van der Waals surface area (Å²) in [6.07, 6.45) is 1.82. The summed E-state index contributed by atoms with van der Waals surface area (Å²) >= 11 is 0. The summed E-state index contributed by atoms with van der Waals surface area (Å²) in [4.78, 5) is 11.5. The third-order valence-corrected chi connectivity index (χ3v) is 3.58. The zero-order valence-electron chi connectivity index (χ0n) is 8.15. The number of carbonyl (C=O) groups excluding carboxylic acids is 1. The molecule has 0 spiro atoms. The number of Topliss-reactive ketones (excluding diaryl/α,β-unsaturated/α-hetero) is 1. The van der Waals surface area contributed by atoms with Crippen LogP contribution in [0.4, 0.5) is 0 Å². The van der Waals surface area contributed by atoms with Gasteiger partial charge in [-0.1, -0.05) is 13.8 Å². The lowest BCUT2D eigenvalue weighted by atomic mass is 9.95. The van der Waals surface area contributed by atoms with Crippen LogP contribution in [0.2, 0.25) is 0 Å². The first-order valence-corrected chi connectivity index (χ1v) is 6.19. The lowest BCUT2D eigenvalue weighted by molar-refractivity contribution is -0.128. The molecule has 1 unspecified atom stereocenters. The second-order valence-electron chi connectivity index (χ2n) is 3.74. The molecule has 76 valence electrons. The van der Waals surface area contributed by atoms with Crippen LogP contribution in [0.25, 0.3) is 0 Å². The Labute approximate surface area is 79.0 Å². The van der Waals surface area contributed by atoms with Crippen LogP contribution in [0.15, 0.2) is 0 Å². The van der Waals surface area contributed by atoms with Crippen LogP contribution in [0.1, 0.15) is 20.3 Å². The predicted octanol–water partition coefficient (Wildman–Crippen LogP) is 0.245. The molecule has 0 aromatic carbocycles. The Hall–Kier alpha value is -0.420. The van der Waals surface area contributed by atoms with Gasteiger partial charge in [0.25, 0.3) is 0 Å². The largest absolute Gasteiger partial charge is 0.298 e. The van der Waals surface area contributed by atoms with Crippen molar-refractivity contribution in [2.75, 3.05) is 12.8 Å². The quantitative estimate of drug-likeness (QED) is 0.663. The summed E-state index contributed by atoms with van der Waals surface area (Å²) in [5, 5.41) is 0. The minimum atomic E-state index is -3.18. The highest BCUT2D eigenvalue weighted by molar-refractivity contribution is 7.88. The molecule has 5 heteroatoms. The Kier molecular flexibility index (Phi) is 2.77. The minimum absolute atomic E-state index is 0.0247. The lowest BCUT2D eigenvalue weighted by Gasteiger charge is -2.38. The van der Waals surface area contributed by atoms with Crippen molar-refractivity contribution in [3.05, 3.63) is 0 Å². The molecule has 4 nitrogen and oxygen atoms in total. The maximum Gasteiger partial charge on any atom is 0.211 e. The predicted molar refractivity (Wildman–Crippen MR) is 49.8 cm³/mol. The van der Waals surface area contributed by atoms with Crippen molar-refractivity contribution in [1.82, 2.24) is 4.31 Å².